The van der Waals surface area contributed by atoms with Gasteiger partial charge in [-0.1, -0.05) is 24.3 Å². The van der Waals surface area contributed by atoms with Crippen LogP contribution in [0.2, 0.25) is 0 Å². The van der Waals surface area contributed by atoms with Crippen LogP contribution >= 0.6 is 15.9 Å². The van der Waals surface area contributed by atoms with Crippen LogP contribution in [0, 0.1) is 11.3 Å². The highest BCUT2D eigenvalue weighted by Crippen LogP contribution is 2.28. The molecule has 112 valence electrons. The standard InChI is InChI=1S/C16H12BrNO3S/c1-21-16-8-7-12(10-15(16)17)9-14(11-18)22(19,20)13-5-3-2-4-6-13/h2-10H,1H3/b14-9+. The van der Waals surface area contributed by atoms with Crippen LogP contribution in [0.1, 0.15) is 5.56 Å². The minimum Gasteiger partial charge on any atom is -0.496 e. The minimum atomic E-state index is -3.82. The van der Waals surface area contributed by atoms with Crippen molar-refractivity contribution >= 4 is 31.8 Å². The van der Waals surface area contributed by atoms with Gasteiger partial charge in [0.25, 0.3) is 0 Å². The van der Waals surface area contributed by atoms with Gasteiger partial charge < -0.3 is 4.74 Å². The van der Waals surface area contributed by atoms with Crippen molar-refractivity contribution in [3.8, 4) is 11.8 Å². The average Bonchev–Trinajstić information content (AvgIpc) is 2.53. The normalized spacial score (nSPS) is 11.8. The maximum atomic E-state index is 12.4. The van der Waals surface area contributed by atoms with Gasteiger partial charge in [-0.05, 0) is 51.8 Å². The second-order valence-electron chi connectivity index (χ2n) is 4.33. The van der Waals surface area contributed by atoms with Crippen molar-refractivity contribution in [1.29, 1.82) is 5.26 Å². The fraction of sp³-hybridized carbons (Fsp3) is 0.0625. The zero-order valence-electron chi connectivity index (χ0n) is 11.7. The topological polar surface area (TPSA) is 67.2 Å². The Balaban J connectivity index is 2.49. The average molecular weight is 378 g/mol. The molecule has 0 radical (unpaired) electrons. The molecule has 0 heterocycles. The fourth-order valence-corrected chi connectivity index (χ4v) is 3.56. The summed E-state index contributed by atoms with van der Waals surface area (Å²) in [6.07, 6.45) is 1.34. The number of methoxy groups -OCH3 is 1. The summed E-state index contributed by atoms with van der Waals surface area (Å²) < 4.78 is 30.7. The molecule has 0 amide bonds. The highest BCUT2D eigenvalue weighted by Gasteiger charge is 2.20. The fourth-order valence-electron chi connectivity index (χ4n) is 1.82. The van der Waals surface area contributed by atoms with E-state index in [1.807, 2.05) is 0 Å². The van der Waals surface area contributed by atoms with Crippen LogP contribution in [-0.4, -0.2) is 15.5 Å². The van der Waals surface area contributed by atoms with Crippen molar-refractivity contribution in [2.75, 3.05) is 7.11 Å². The number of hydrogen-bond acceptors (Lipinski definition) is 4. The van der Waals surface area contributed by atoms with Gasteiger partial charge in [0, 0.05) is 0 Å². The van der Waals surface area contributed by atoms with Crippen LogP contribution < -0.4 is 4.74 Å². The molecule has 6 heteroatoms. The SMILES string of the molecule is COc1ccc(/C=C(\C#N)S(=O)(=O)c2ccccc2)cc1Br. The number of nitriles is 1. The molecule has 0 aliphatic heterocycles. The lowest BCUT2D eigenvalue weighted by molar-refractivity contribution is 0.412. The second-order valence-corrected chi connectivity index (χ2v) is 7.10. The van der Waals surface area contributed by atoms with Crippen molar-refractivity contribution in [3.05, 3.63) is 63.5 Å². The molecule has 0 fully saturated rings. The van der Waals surface area contributed by atoms with Crippen molar-refractivity contribution in [1.82, 2.24) is 0 Å². The molecule has 0 unspecified atom stereocenters. The minimum absolute atomic E-state index is 0.0929. The first-order chi connectivity index (χ1) is 10.5. The van der Waals surface area contributed by atoms with Crippen LogP contribution in [0.5, 0.6) is 5.75 Å². The molecule has 0 saturated carbocycles. The Morgan fingerprint density at radius 3 is 2.45 bits per heavy atom. The van der Waals surface area contributed by atoms with Crippen molar-refractivity contribution < 1.29 is 13.2 Å². The quantitative estimate of drug-likeness (QED) is 0.759. The smallest absolute Gasteiger partial charge is 0.216 e. The van der Waals surface area contributed by atoms with Crippen molar-refractivity contribution in [2.24, 2.45) is 0 Å². The first-order valence-corrected chi connectivity index (χ1v) is 8.52. The number of sulfone groups is 1. The molecular formula is C16H12BrNO3S. The Bertz CT molecular complexity index is 853. The highest BCUT2D eigenvalue weighted by atomic mass is 79.9. The van der Waals surface area contributed by atoms with E-state index in [0.717, 1.165) is 0 Å². The van der Waals surface area contributed by atoms with Gasteiger partial charge in [-0.2, -0.15) is 5.26 Å². The van der Waals surface area contributed by atoms with Crippen LogP contribution in [0.15, 0.2) is 62.8 Å². The maximum Gasteiger partial charge on any atom is 0.216 e. The van der Waals surface area contributed by atoms with E-state index in [1.165, 1.54) is 25.3 Å². The number of rotatable bonds is 4. The van der Waals surface area contributed by atoms with E-state index in [9.17, 15) is 13.7 Å². The maximum absolute atomic E-state index is 12.4. The lowest BCUT2D eigenvalue weighted by atomic mass is 10.2. The van der Waals surface area contributed by atoms with E-state index in [0.29, 0.717) is 15.8 Å². The number of ether oxygens (including phenoxy) is 1. The van der Waals surface area contributed by atoms with Crippen LogP contribution in [0.4, 0.5) is 0 Å². The number of nitrogens with zero attached hydrogens (tertiary/aromatic N) is 1. The molecule has 2 aromatic carbocycles. The van der Waals surface area contributed by atoms with Gasteiger partial charge in [-0.3, -0.25) is 0 Å². The van der Waals surface area contributed by atoms with Crippen molar-refractivity contribution in [2.45, 2.75) is 4.90 Å². The Morgan fingerprint density at radius 1 is 1.23 bits per heavy atom. The highest BCUT2D eigenvalue weighted by molar-refractivity contribution is 9.10. The zero-order chi connectivity index (χ0) is 16.2. The molecule has 4 nitrogen and oxygen atoms in total. The molecule has 0 spiro atoms. The number of allylic oxidation sites excluding steroid dienone is 1. The summed E-state index contributed by atoms with van der Waals surface area (Å²) in [6.45, 7) is 0. The van der Waals surface area contributed by atoms with E-state index in [2.05, 4.69) is 15.9 Å². The summed E-state index contributed by atoms with van der Waals surface area (Å²) in [5, 5.41) is 9.22. The predicted molar refractivity (Wildman–Crippen MR) is 87.9 cm³/mol. The largest absolute Gasteiger partial charge is 0.496 e. The van der Waals surface area contributed by atoms with Gasteiger partial charge in [0.2, 0.25) is 9.84 Å². The van der Waals surface area contributed by atoms with Gasteiger partial charge in [-0.15, -0.1) is 0 Å². The van der Waals surface area contributed by atoms with Gasteiger partial charge in [-0.25, -0.2) is 8.42 Å². The third-order valence-corrected chi connectivity index (χ3v) is 5.23. The molecular weight excluding hydrogens is 366 g/mol. The predicted octanol–water partition coefficient (Wildman–Crippen LogP) is 3.80. The Morgan fingerprint density at radius 2 is 1.91 bits per heavy atom. The summed E-state index contributed by atoms with van der Waals surface area (Å²) in [7, 11) is -2.29. The van der Waals surface area contributed by atoms with Crippen LogP contribution in [0.3, 0.4) is 0 Å². The summed E-state index contributed by atoms with van der Waals surface area (Å²) in [5.74, 6) is 0.626. The summed E-state index contributed by atoms with van der Waals surface area (Å²) >= 11 is 3.33. The van der Waals surface area contributed by atoms with E-state index in [4.69, 9.17) is 4.74 Å². The summed E-state index contributed by atoms with van der Waals surface area (Å²) in [6, 6.07) is 14.7. The summed E-state index contributed by atoms with van der Waals surface area (Å²) in [5.41, 5.74) is 0.587. The molecule has 0 aliphatic carbocycles. The third kappa shape index (κ3) is 3.38. The molecule has 0 bridgehead atoms. The Labute approximate surface area is 137 Å². The third-order valence-electron chi connectivity index (χ3n) is 2.93. The first kappa shape index (κ1) is 16.3. The van der Waals surface area contributed by atoms with Crippen LogP contribution in [0.25, 0.3) is 6.08 Å². The second kappa shape index (κ2) is 6.77. The molecule has 0 atom stereocenters. The van der Waals surface area contributed by atoms with Gasteiger partial charge >= 0.3 is 0 Å². The van der Waals surface area contributed by atoms with Gasteiger partial charge in [0.15, 0.2) is 0 Å². The van der Waals surface area contributed by atoms with E-state index in [-0.39, 0.29) is 9.80 Å². The molecule has 2 aromatic rings. The molecule has 0 N–H and O–H groups in total. The van der Waals surface area contributed by atoms with Gasteiger partial charge in [0.1, 0.15) is 16.7 Å². The molecule has 0 saturated heterocycles. The van der Waals surface area contributed by atoms with E-state index < -0.39 is 9.84 Å². The Kier molecular flexibility index (Phi) is 5.01. The number of hydrogen-bond donors (Lipinski definition) is 0. The van der Waals surface area contributed by atoms with E-state index >= 15 is 0 Å². The first-order valence-electron chi connectivity index (χ1n) is 6.24. The molecule has 22 heavy (non-hydrogen) atoms. The monoisotopic (exact) mass is 377 g/mol. The lowest BCUT2D eigenvalue weighted by Gasteiger charge is -2.05. The van der Waals surface area contributed by atoms with Crippen molar-refractivity contribution in [3.63, 3.8) is 0 Å². The number of halogens is 1. The molecule has 0 aliphatic rings. The summed E-state index contributed by atoms with van der Waals surface area (Å²) in [4.78, 5) is -0.217. The lowest BCUT2D eigenvalue weighted by Crippen LogP contribution is -2.03. The van der Waals surface area contributed by atoms with Crippen LogP contribution in [-0.2, 0) is 9.84 Å². The van der Waals surface area contributed by atoms with Gasteiger partial charge in [0.05, 0.1) is 16.5 Å². The number of benzene rings is 2. The zero-order valence-corrected chi connectivity index (χ0v) is 14.1. The molecule has 2 rings (SSSR count). The van der Waals surface area contributed by atoms with E-state index in [1.54, 1.807) is 42.5 Å². The molecule has 0 aromatic heterocycles. The Hall–Kier alpha value is -2.10.